The predicted molar refractivity (Wildman–Crippen MR) is 80.0 cm³/mol. The molecule has 0 aliphatic carbocycles. The average molecular weight is 295 g/mol. The van der Waals surface area contributed by atoms with Gasteiger partial charge in [0, 0.05) is 18.6 Å². The predicted octanol–water partition coefficient (Wildman–Crippen LogP) is 3.19. The number of hydrogen-bond acceptors (Lipinski definition) is 3. The first-order valence-corrected chi connectivity index (χ1v) is 6.99. The van der Waals surface area contributed by atoms with Crippen LogP contribution in [-0.2, 0) is 6.42 Å². The minimum atomic E-state index is 0.0598. The maximum absolute atomic E-state index is 9.26. The molecule has 0 saturated carbocycles. The van der Waals surface area contributed by atoms with Gasteiger partial charge in [0.25, 0.3) is 0 Å². The van der Waals surface area contributed by atoms with Crippen molar-refractivity contribution in [1.29, 1.82) is 0 Å². The lowest BCUT2D eigenvalue weighted by Gasteiger charge is -2.09. The molecule has 0 fully saturated rings. The van der Waals surface area contributed by atoms with E-state index >= 15 is 0 Å². The van der Waals surface area contributed by atoms with Gasteiger partial charge in [-0.1, -0.05) is 37.6 Å². The molecule has 0 saturated heterocycles. The Hall–Kier alpha value is -1.52. The number of methoxy groups -OCH3 is 1. The molecule has 0 atom stereocenters. The van der Waals surface area contributed by atoms with Gasteiger partial charge < -0.3 is 9.84 Å². The zero-order valence-electron chi connectivity index (χ0n) is 11.9. The Morgan fingerprint density at radius 3 is 2.60 bits per heavy atom. The highest BCUT2D eigenvalue weighted by Gasteiger charge is 2.22. The summed E-state index contributed by atoms with van der Waals surface area (Å²) < 4.78 is 7.21. The Kier molecular flexibility index (Phi) is 4.68. The summed E-state index contributed by atoms with van der Waals surface area (Å²) in [5.74, 6) is 0.880. The molecule has 1 aromatic heterocycles. The van der Waals surface area contributed by atoms with Crippen LogP contribution in [0.3, 0.4) is 0 Å². The largest absolute Gasteiger partial charge is 0.481 e. The van der Waals surface area contributed by atoms with E-state index in [0.717, 1.165) is 16.9 Å². The summed E-state index contributed by atoms with van der Waals surface area (Å²) in [7, 11) is 1.61. The van der Waals surface area contributed by atoms with Gasteiger partial charge in [0.15, 0.2) is 0 Å². The standard InChI is InChI=1S/C15H19ClN2O2/c1-10(2)14-11(8-9-19)15(20-3)18(17-14)13-7-5-4-6-12(13)16/h4-7,10,19H,8-9H2,1-3H3. The fourth-order valence-corrected chi connectivity index (χ4v) is 2.47. The highest BCUT2D eigenvalue weighted by atomic mass is 35.5. The molecule has 0 aliphatic rings. The molecular formula is C15H19ClN2O2. The van der Waals surface area contributed by atoms with Crippen molar-refractivity contribution >= 4 is 11.6 Å². The number of para-hydroxylation sites is 1. The molecule has 20 heavy (non-hydrogen) atoms. The summed E-state index contributed by atoms with van der Waals surface area (Å²) in [6.07, 6.45) is 0.515. The second-order valence-corrected chi connectivity index (χ2v) is 5.27. The number of benzene rings is 1. The number of rotatable bonds is 5. The lowest BCUT2D eigenvalue weighted by molar-refractivity contribution is 0.295. The second-order valence-electron chi connectivity index (χ2n) is 4.86. The van der Waals surface area contributed by atoms with E-state index in [1.165, 1.54) is 0 Å². The Balaban J connectivity index is 2.64. The first-order chi connectivity index (χ1) is 9.60. The van der Waals surface area contributed by atoms with Gasteiger partial charge in [0.1, 0.15) is 0 Å². The van der Waals surface area contributed by atoms with E-state index < -0.39 is 0 Å². The van der Waals surface area contributed by atoms with Crippen LogP contribution in [0, 0.1) is 0 Å². The molecule has 0 radical (unpaired) electrons. The van der Waals surface area contributed by atoms with E-state index in [-0.39, 0.29) is 12.5 Å². The maximum atomic E-state index is 9.26. The van der Waals surface area contributed by atoms with E-state index in [1.54, 1.807) is 11.8 Å². The highest BCUT2D eigenvalue weighted by Crippen LogP contribution is 2.32. The molecule has 4 nitrogen and oxygen atoms in total. The van der Waals surface area contributed by atoms with Crippen molar-refractivity contribution in [1.82, 2.24) is 9.78 Å². The monoisotopic (exact) mass is 294 g/mol. The van der Waals surface area contributed by atoms with Crippen LogP contribution >= 0.6 is 11.6 Å². The fourth-order valence-electron chi connectivity index (χ4n) is 2.26. The van der Waals surface area contributed by atoms with Crippen molar-refractivity contribution in [2.45, 2.75) is 26.2 Å². The van der Waals surface area contributed by atoms with Gasteiger partial charge in [-0.05, 0) is 18.1 Å². The van der Waals surface area contributed by atoms with Crippen molar-refractivity contribution < 1.29 is 9.84 Å². The molecule has 0 spiro atoms. The Bertz CT molecular complexity index is 594. The topological polar surface area (TPSA) is 47.3 Å². The summed E-state index contributed by atoms with van der Waals surface area (Å²) in [6, 6.07) is 7.49. The van der Waals surface area contributed by atoms with Crippen molar-refractivity contribution in [3.63, 3.8) is 0 Å². The summed E-state index contributed by atoms with van der Waals surface area (Å²) in [5.41, 5.74) is 2.64. The molecule has 108 valence electrons. The number of aliphatic hydroxyl groups is 1. The quantitative estimate of drug-likeness (QED) is 0.921. The van der Waals surface area contributed by atoms with Crippen LogP contribution in [0.5, 0.6) is 5.88 Å². The molecular weight excluding hydrogens is 276 g/mol. The van der Waals surface area contributed by atoms with Crippen LogP contribution in [0.15, 0.2) is 24.3 Å². The zero-order chi connectivity index (χ0) is 14.7. The average Bonchev–Trinajstić information content (AvgIpc) is 2.78. The number of nitrogens with zero attached hydrogens (tertiary/aromatic N) is 2. The van der Waals surface area contributed by atoms with E-state index in [9.17, 15) is 5.11 Å². The van der Waals surface area contributed by atoms with Crippen LogP contribution in [0.1, 0.15) is 31.0 Å². The van der Waals surface area contributed by atoms with Crippen molar-refractivity contribution in [3.8, 4) is 11.6 Å². The number of aliphatic hydroxyl groups excluding tert-OH is 1. The van der Waals surface area contributed by atoms with E-state index in [0.29, 0.717) is 17.3 Å². The van der Waals surface area contributed by atoms with Gasteiger partial charge in [0.05, 0.1) is 23.5 Å². The second kappa shape index (κ2) is 6.29. The van der Waals surface area contributed by atoms with Crippen LogP contribution in [0.2, 0.25) is 5.02 Å². The minimum absolute atomic E-state index is 0.0598. The molecule has 5 heteroatoms. The Morgan fingerprint density at radius 1 is 1.35 bits per heavy atom. The molecule has 2 aromatic rings. The lowest BCUT2D eigenvalue weighted by Crippen LogP contribution is -2.02. The third-order valence-corrected chi connectivity index (χ3v) is 3.47. The number of hydrogen-bond donors (Lipinski definition) is 1. The maximum Gasteiger partial charge on any atom is 0.220 e. The third-order valence-electron chi connectivity index (χ3n) is 3.15. The van der Waals surface area contributed by atoms with Gasteiger partial charge in [-0.3, -0.25) is 0 Å². The summed E-state index contributed by atoms with van der Waals surface area (Å²) in [4.78, 5) is 0. The van der Waals surface area contributed by atoms with Crippen LogP contribution in [0.4, 0.5) is 0 Å². The van der Waals surface area contributed by atoms with Crippen LogP contribution in [-0.4, -0.2) is 28.6 Å². The van der Waals surface area contributed by atoms with Gasteiger partial charge >= 0.3 is 0 Å². The van der Waals surface area contributed by atoms with Crippen molar-refractivity contribution in [3.05, 3.63) is 40.5 Å². The summed E-state index contributed by atoms with van der Waals surface area (Å²) >= 11 is 6.24. The highest BCUT2D eigenvalue weighted by molar-refractivity contribution is 6.32. The molecule has 2 rings (SSSR count). The molecule has 0 unspecified atom stereocenters. The van der Waals surface area contributed by atoms with E-state index in [4.69, 9.17) is 16.3 Å². The van der Waals surface area contributed by atoms with Gasteiger partial charge in [-0.2, -0.15) is 9.78 Å². The normalized spacial score (nSPS) is 11.1. The van der Waals surface area contributed by atoms with E-state index in [1.807, 2.05) is 24.3 Å². The molecule has 1 heterocycles. The lowest BCUT2D eigenvalue weighted by atomic mass is 10.0. The molecule has 0 aliphatic heterocycles. The van der Waals surface area contributed by atoms with Gasteiger partial charge in [-0.15, -0.1) is 0 Å². The van der Waals surface area contributed by atoms with Crippen LogP contribution in [0.25, 0.3) is 5.69 Å². The van der Waals surface area contributed by atoms with Crippen LogP contribution < -0.4 is 4.74 Å². The van der Waals surface area contributed by atoms with Crippen molar-refractivity contribution in [2.24, 2.45) is 0 Å². The Labute approximate surface area is 123 Å². The number of halogens is 1. The molecule has 0 amide bonds. The first-order valence-electron chi connectivity index (χ1n) is 6.61. The fraction of sp³-hybridized carbons (Fsp3) is 0.400. The van der Waals surface area contributed by atoms with Crippen molar-refractivity contribution in [2.75, 3.05) is 13.7 Å². The number of ether oxygens (including phenoxy) is 1. The smallest absolute Gasteiger partial charge is 0.220 e. The molecule has 1 N–H and O–H groups in total. The summed E-state index contributed by atoms with van der Waals surface area (Å²) in [5, 5.41) is 14.5. The zero-order valence-corrected chi connectivity index (χ0v) is 12.7. The number of aromatic nitrogens is 2. The first kappa shape index (κ1) is 14.9. The third kappa shape index (κ3) is 2.67. The molecule has 1 aromatic carbocycles. The van der Waals surface area contributed by atoms with Gasteiger partial charge in [-0.25, -0.2) is 0 Å². The SMILES string of the molecule is COc1c(CCO)c(C(C)C)nn1-c1ccccc1Cl. The minimum Gasteiger partial charge on any atom is -0.481 e. The van der Waals surface area contributed by atoms with Gasteiger partial charge in [0.2, 0.25) is 5.88 Å². The molecule has 0 bridgehead atoms. The summed E-state index contributed by atoms with van der Waals surface area (Å²) in [6.45, 7) is 4.20. The van der Waals surface area contributed by atoms with E-state index in [2.05, 4.69) is 18.9 Å². The Morgan fingerprint density at radius 2 is 2.05 bits per heavy atom.